The summed E-state index contributed by atoms with van der Waals surface area (Å²) in [6.07, 6.45) is 8.90. The average Bonchev–Trinajstić information content (AvgIpc) is 3.51. The van der Waals surface area contributed by atoms with E-state index in [9.17, 15) is 4.79 Å². The van der Waals surface area contributed by atoms with Crippen molar-refractivity contribution in [3.8, 4) is 0 Å². The first-order chi connectivity index (χ1) is 14.2. The highest BCUT2D eigenvalue weighted by atomic mass is 16.3. The highest BCUT2D eigenvalue weighted by Crippen LogP contribution is 2.46. The number of aryl methyl sites for hydroxylation is 1. The Labute approximate surface area is 170 Å². The van der Waals surface area contributed by atoms with Crippen LogP contribution in [-0.2, 0) is 13.0 Å². The van der Waals surface area contributed by atoms with Gasteiger partial charge in [0.2, 0.25) is 0 Å². The number of hydrogen-bond acceptors (Lipinski definition) is 4. The number of carbonyl (C=O) groups excluding carboxylic acids is 1. The third-order valence-electron chi connectivity index (χ3n) is 6.59. The lowest BCUT2D eigenvalue weighted by Gasteiger charge is -2.29. The SMILES string of the molecule is O=C(c1ccoc1)N1CC2CN(Cc3cnc[nH]3)CC2(CCc2ccccc2)C1. The molecule has 2 aliphatic rings. The van der Waals surface area contributed by atoms with Crippen LogP contribution in [0.2, 0.25) is 0 Å². The molecule has 0 spiro atoms. The van der Waals surface area contributed by atoms with Crippen molar-refractivity contribution in [1.82, 2.24) is 19.8 Å². The maximum absolute atomic E-state index is 12.9. The molecule has 2 unspecified atom stereocenters. The summed E-state index contributed by atoms with van der Waals surface area (Å²) in [6, 6.07) is 12.4. The number of amides is 1. The van der Waals surface area contributed by atoms with Crippen LogP contribution in [0.4, 0.5) is 0 Å². The van der Waals surface area contributed by atoms with E-state index in [2.05, 4.69) is 45.2 Å². The third-order valence-corrected chi connectivity index (χ3v) is 6.59. The lowest BCUT2D eigenvalue weighted by molar-refractivity contribution is 0.0754. The van der Waals surface area contributed by atoms with Gasteiger partial charge in [-0.05, 0) is 30.4 Å². The van der Waals surface area contributed by atoms with Gasteiger partial charge in [-0.25, -0.2) is 4.98 Å². The van der Waals surface area contributed by atoms with Gasteiger partial charge in [0.05, 0.1) is 18.2 Å². The highest BCUT2D eigenvalue weighted by molar-refractivity contribution is 5.94. The number of benzene rings is 1. The van der Waals surface area contributed by atoms with Crippen LogP contribution in [0.15, 0.2) is 65.9 Å². The standard InChI is InChI=1S/C23H26N4O2/c28-22(19-7-9-29-14-19)27-12-20-11-26(13-21-10-24-17-25-21)15-23(20,16-27)8-6-18-4-2-1-3-5-18/h1-5,7,9-10,14,17,20H,6,8,11-13,15-16H2,(H,24,25). The minimum Gasteiger partial charge on any atom is -0.472 e. The number of aromatic amines is 1. The van der Waals surface area contributed by atoms with Gasteiger partial charge in [0.1, 0.15) is 6.26 Å². The van der Waals surface area contributed by atoms with E-state index in [4.69, 9.17) is 4.42 Å². The van der Waals surface area contributed by atoms with E-state index in [0.29, 0.717) is 11.5 Å². The molecule has 2 saturated heterocycles. The van der Waals surface area contributed by atoms with E-state index in [1.54, 1.807) is 24.9 Å². The van der Waals surface area contributed by atoms with Crippen molar-refractivity contribution in [2.24, 2.45) is 11.3 Å². The zero-order valence-electron chi connectivity index (χ0n) is 16.5. The zero-order chi connectivity index (χ0) is 19.7. The summed E-state index contributed by atoms with van der Waals surface area (Å²) in [5.74, 6) is 0.581. The molecule has 1 amide bonds. The molecule has 4 heterocycles. The molecule has 2 aliphatic heterocycles. The largest absolute Gasteiger partial charge is 0.472 e. The number of nitrogens with one attached hydrogen (secondary N) is 1. The van der Waals surface area contributed by atoms with Gasteiger partial charge in [0, 0.05) is 50.0 Å². The topological polar surface area (TPSA) is 65.4 Å². The Balaban J connectivity index is 1.34. The highest BCUT2D eigenvalue weighted by Gasteiger charge is 2.52. The van der Waals surface area contributed by atoms with Crippen molar-refractivity contribution in [2.45, 2.75) is 19.4 Å². The van der Waals surface area contributed by atoms with Gasteiger partial charge in [-0.2, -0.15) is 0 Å². The van der Waals surface area contributed by atoms with Crippen molar-refractivity contribution in [3.63, 3.8) is 0 Å². The second-order valence-electron chi connectivity index (χ2n) is 8.49. The van der Waals surface area contributed by atoms with E-state index in [1.807, 2.05) is 11.1 Å². The minimum atomic E-state index is 0.0901. The molecule has 0 saturated carbocycles. The van der Waals surface area contributed by atoms with Crippen LogP contribution in [0, 0.1) is 11.3 Å². The summed E-state index contributed by atoms with van der Waals surface area (Å²) < 4.78 is 5.13. The maximum atomic E-state index is 12.9. The maximum Gasteiger partial charge on any atom is 0.257 e. The molecule has 1 N–H and O–H groups in total. The lowest BCUT2D eigenvalue weighted by atomic mass is 9.76. The van der Waals surface area contributed by atoms with Crippen LogP contribution in [-0.4, -0.2) is 51.9 Å². The number of fused-ring (bicyclic) bond motifs is 1. The molecule has 3 aromatic rings. The van der Waals surface area contributed by atoms with Crippen LogP contribution in [0.25, 0.3) is 0 Å². The average molecular weight is 390 g/mol. The molecule has 1 aromatic carbocycles. The smallest absolute Gasteiger partial charge is 0.257 e. The van der Waals surface area contributed by atoms with Crippen LogP contribution >= 0.6 is 0 Å². The predicted molar refractivity (Wildman–Crippen MR) is 109 cm³/mol. The summed E-state index contributed by atoms with van der Waals surface area (Å²) in [7, 11) is 0. The molecule has 2 fully saturated rings. The molecule has 6 heteroatoms. The third kappa shape index (κ3) is 3.60. The van der Waals surface area contributed by atoms with Gasteiger partial charge in [0.25, 0.3) is 5.91 Å². The molecule has 0 aliphatic carbocycles. The number of aromatic nitrogens is 2. The molecule has 150 valence electrons. The second-order valence-corrected chi connectivity index (χ2v) is 8.49. The van der Waals surface area contributed by atoms with Crippen LogP contribution in [0.5, 0.6) is 0 Å². The fourth-order valence-corrected chi connectivity index (χ4v) is 5.14. The summed E-state index contributed by atoms with van der Waals surface area (Å²) in [5.41, 5.74) is 3.30. The predicted octanol–water partition coefficient (Wildman–Crippen LogP) is 3.21. The number of nitrogens with zero attached hydrogens (tertiary/aromatic N) is 3. The molecule has 0 bridgehead atoms. The zero-order valence-corrected chi connectivity index (χ0v) is 16.5. The van der Waals surface area contributed by atoms with Gasteiger partial charge in [-0.1, -0.05) is 30.3 Å². The first kappa shape index (κ1) is 18.2. The molecule has 6 nitrogen and oxygen atoms in total. The van der Waals surface area contributed by atoms with Crippen molar-refractivity contribution in [2.75, 3.05) is 26.2 Å². The summed E-state index contributed by atoms with van der Waals surface area (Å²) in [4.78, 5) is 24.9. The first-order valence-corrected chi connectivity index (χ1v) is 10.3. The minimum absolute atomic E-state index is 0.0901. The molecule has 2 atom stereocenters. The fraction of sp³-hybridized carbons (Fsp3) is 0.391. The number of imidazole rings is 1. The second kappa shape index (κ2) is 7.52. The molecular weight excluding hydrogens is 364 g/mol. The van der Waals surface area contributed by atoms with E-state index in [-0.39, 0.29) is 11.3 Å². The van der Waals surface area contributed by atoms with Gasteiger partial charge < -0.3 is 14.3 Å². The quantitative estimate of drug-likeness (QED) is 0.702. The summed E-state index contributed by atoms with van der Waals surface area (Å²) in [5, 5.41) is 0. The molecule has 29 heavy (non-hydrogen) atoms. The number of H-pyrrole nitrogens is 1. The molecule has 2 aromatic heterocycles. The Hall–Kier alpha value is -2.86. The molecule has 0 radical (unpaired) electrons. The summed E-state index contributed by atoms with van der Waals surface area (Å²) in [6.45, 7) is 4.55. The Morgan fingerprint density at radius 3 is 2.86 bits per heavy atom. The summed E-state index contributed by atoms with van der Waals surface area (Å²) >= 11 is 0. The van der Waals surface area contributed by atoms with Crippen molar-refractivity contribution in [3.05, 3.63) is 78.3 Å². The molecular formula is C23H26N4O2. The number of furan rings is 1. The molecule has 5 rings (SSSR count). The number of carbonyl (C=O) groups is 1. The van der Waals surface area contributed by atoms with Crippen LogP contribution in [0.1, 0.15) is 28.0 Å². The van der Waals surface area contributed by atoms with Gasteiger partial charge >= 0.3 is 0 Å². The van der Waals surface area contributed by atoms with Gasteiger partial charge in [-0.15, -0.1) is 0 Å². The number of hydrogen-bond donors (Lipinski definition) is 1. The fourth-order valence-electron chi connectivity index (χ4n) is 5.14. The number of rotatable bonds is 6. The Morgan fingerprint density at radius 1 is 1.21 bits per heavy atom. The van der Waals surface area contributed by atoms with Crippen molar-refractivity contribution >= 4 is 5.91 Å². The number of likely N-dealkylation sites (tertiary alicyclic amines) is 2. The van der Waals surface area contributed by atoms with E-state index in [1.165, 1.54) is 5.56 Å². The van der Waals surface area contributed by atoms with Crippen LogP contribution in [0.3, 0.4) is 0 Å². The van der Waals surface area contributed by atoms with Crippen molar-refractivity contribution in [1.29, 1.82) is 0 Å². The monoisotopic (exact) mass is 390 g/mol. The first-order valence-electron chi connectivity index (χ1n) is 10.3. The lowest BCUT2D eigenvalue weighted by Crippen LogP contribution is -2.37. The Morgan fingerprint density at radius 2 is 2.10 bits per heavy atom. The Kier molecular flexibility index (Phi) is 4.72. The van der Waals surface area contributed by atoms with E-state index < -0.39 is 0 Å². The normalized spacial score (nSPS) is 24.1. The van der Waals surface area contributed by atoms with E-state index in [0.717, 1.165) is 51.3 Å². The van der Waals surface area contributed by atoms with Crippen LogP contribution < -0.4 is 0 Å². The van der Waals surface area contributed by atoms with Gasteiger partial charge in [-0.3, -0.25) is 9.69 Å². The van der Waals surface area contributed by atoms with E-state index >= 15 is 0 Å². The Bertz CT molecular complexity index is 939. The van der Waals surface area contributed by atoms with Crippen molar-refractivity contribution < 1.29 is 9.21 Å². The van der Waals surface area contributed by atoms with Gasteiger partial charge in [0.15, 0.2) is 0 Å².